The van der Waals surface area contributed by atoms with E-state index in [9.17, 15) is 0 Å². The zero-order valence-corrected chi connectivity index (χ0v) is 16.4. The molecule has 0 atom stereocenters. The van der Waals surface area contributed by atoms with Gasteiger partial charge in [-0.1, -0.05) is 27.7 Å². The molecule has 3 fully saturated rings. The van der Waals surface area contributed by atoms with Crippen LogP contribution < -0.4 is 0 Å². The number of hydrogen-bond donors (Lipinski definition) is 0. The van der Waals surface area contributed by atoms with Crippen LogP contribution in [0.1, 0.15) is 91.9 Å². The minimum Gasteiger partial charge on any atom is -0.374 e. The highest BCUT2D eigenvalue weighted by Crippen LogP contribution is 2.51. The van der Waals surface area contributed by atoms with E-state index in [1.165, 1.54) is 25.7 Å². The van der Waals surface area contributed by atoms with E-state index in [0.717, 1.165) is 58.3 Å². The van der Waals surface area contributed by atoms with Crippen LogP contribution in [0.15, 0.2) is 0 Å². The third-order valence-electron chi connectivity index (χ3n) is 8.00. The molecule has 3 aliphatic rings. The van der Waals surface area contributed by atoms with Gasteiger partial charge in [-0.25, -0.2) is 0 Å². The van der Waals surface area contributed by atoms with Crippen LogP contribution in [0, 0.1) is 10.8 Å². The lowest BCUT2D eigenvalue weighted by molar-refractivity contribution is -0.329. The van der Waals surface area contributed by atoms with Gasteiger partial charge in [0.15, 0.2) is 5.79 Å². The Hall–Kier alpha value is -0.120. The first-order chi connectivity index (χ1) is 11.5. The molecule has 1 aliphatic carbocycles. The molecule has 3 nitrogen and oxygen atoms in total. The van der Waals surface area contributed by atoms with Crippen LogP contribution in [0.4, 0.5) is 0 Å². The smallest absolute Gasteiger partial charge is 0.168 e. The molecule has 0 aromatic rings. The largest absolute Gasteiger partial charge is 0.374 e. The number of hydrogen-bond acceptors (Lipinski definition) is 3. The Balaban J connectivity index is 1.55. The number of ether oxygens (including phenoxy) is 3. The quantitative estimate of drug-likeness (QED) is 0.680. The highest BCUT2D eigenvalue weighted by molar-refractivity contribution is 4.98. The molecule has 2 saturated heterocycles. The fraction of sp³-hybridized carbons (Fsp3) is 1.00. The molecule has 2 spiro atoms. The van der Waals surface area contributed by atoms with E-state index in [-0.39, 0.29) is 16.8 Å². The van der Waals surface area contributed by atoms with Crippen molar-refractivity contribution in [2.75, 3.05) is 19.8 Å². The van der Waals surface area contributed by atoms with Crippen LogP contribution in [0.5, 0.6) is 0 Å². The molecule has 1 saturated carbocycles. The molecule has 24 heavy (non-hydrogen) atoms. The van der Waals surface area contributed by atoms with Crippen molar-refractivity contribution >= 4 is 0 Å². The molecular formula is C21H38O3. The molecular weight excluding hydrogens is 300 g/mol. The van der Waals surface area contributed by atoms with Gasteiger partial charge in [0.05, 0.1) is 25.4 Å². The number of rotatable bonds is 4. The Labute approximate surface area is 148 Å². The molecule has 2 aliphatic heterocycles. The first-order valence-electron chi connectivity index (χ1n) is 10.4. The van der Waals surface area contributed by atoms with E-state index < -0.39 is 0 Å². The van der Waals surface area contributed by atoms with E-state index in [0.29, 0.717) is 5.41 Å². The second kappa shape index (κ2) is 6.89. The molecule has 2 heterocycles. The second-order valence-corrected chi connectivity index (χ2v) is 8.87. The van der Waals surface area contributed by atoms with E-state index >= 15 is 0 Å². The molecule has 140 valence electrons. The molecule has 3 rings (SSSR count). The van der Waals surface area contributed by atoms with Crippen LogP contribution in [0.25, 0.3) is 0 Å². The van der Waals surface area contributed by atoms with Gasteiger partial charge in [-0.2, -0.15) is 0 Å². The van der Waals surface area contributed by atoms with Gasteiger partial charge in [-0.3, -0.25) is 0 Å². The van der Waals surface area contributed by atoms with Crippen molar-refractivity contribution in [2.24, 2.45) is 10.8 Å². The van der Waals surface area contributed by atoms with Crippen molar-refractivity contribution in [3.63, 3.8) is 0 Å². The zero-order valence-electron chi connectivity index (χ0n) is 16.4. The summed E-state index contributed by atoms with van der Waals surface area (Å²) in [6, 6.07) is 0. The molecule has 0 radical (unpaired) electrons. The maximum atomic E-state index is 6.51. The predicted octanol–water partition coefficient (Wildman–Crippen LogP) is 5.47. The van der Waals surface area contributed by atoms with Crippen molar-refractivity contribution < 1.29 is 14.2 Å². The van der Waals surface area contributed by atoms with E-state index in [4.69, 9.17) is 14.2 Å². The summed E-state index contributed by atoms with van der Waals surface area (Å²) in [5.74, 6) is -0.313. The average Bonchev–Trinajstić information content (AvgIpc) is 2.67. The van der Waals surface area contributed by atoms with E-state index in [1.54, 1.807) is 0 Å². The SMILES string of the molecule is CCC1(CC)CCC2(CCC3(CC2)OCC(CC)(CC)CO3)OC1. The summed E-state index contributed by atoms with van der Waals surface area (Å²) in [6.45, 7) is 11.8. The summed E-state index contributed by atoms with van der Waals surface area (Å²) in [5, 5.41) is 0. The van der Waals surface area contributed by atoms with Crippen molar-refractivity contribution in [3.8, 4) is 0 Å². The topological polar surface area (TPSA) is 27.7 Å². The van der Waals surface area contributed by atoms with Gasteiger partial charge < -0.3 is 14.2 Å². The molecule has 0 aromatic carbocycles. The predicted molar refractivity (Wildman–Crippen MR) is 97.1 cm³/mol. The van der Waals surface area contributed by atoms with Crippen molar-refractivity contribution in [2.45, 2.75) is 103 Å². The maximum Gasteiger partial charge on any atom is 0.168 e. The molecule has 0 N–H and O–H groups in total. The summed E-state index contributed by atoms with van der Waals surface area (Å²) < 4.78 is 19.2. The molecule has 3 heteroatoms. The van der Waals surface area contributed by atoms with E-state index in [2.05, 4.69) is 27.7 Å². The Morgan fingerprint density at radius 2 is 1.00 bits per heavy atom. The molecule has 0 bridgehead atoms. The minimum atomic E-state index is -0.313. The molecule has 0 aromatic heterocycles. The first kappa shape index (κ1) is 18.7. The van der Waals surface area contributed by atoms with Crippen molar-refractivity contribution in [3.05, 3.63) is 0 Å². The lowest BCUT2D eigenvalue weighted by atomic mass is 9.69. The summed E-state index contributed by atoms with van der Waals surface area (Å²) in [7, 11) is 0. The Bertz CT molecular complexity index is 351. The average molecular weight is 339 g/mol. The van der Waals surface area contributed by atoms with Gasteiger partial charge in [-0.15, -0.1) is 0 Å². The first-order valence-corrected chi connectivity index (χ1v) is 10.4. The summed E-state index contributed by atoms with van der Waals surface area (Å²) in [5.41, 5.74) is 0.777. The van der Waals surface area contributed by atoms with Gasteiger partial charge in [-0.05, 0) is 56.8 Å². The highest BCUT2D eigenvalue weighted by atomic mass is 16.7. The Morgan fingerprint density at radius 1 is 0.542 bits per heavy atom. The van der Waals surface area contributed by atoms with Gasteiger partial charge in [0, 0.05) is 18.3 Å². The lowest BCUT2D eigenvalue weighted by Gasteiger charge is -2.53. The monoisotopic (exact) mass is 338 g/mol. The molecule has 0 unspecified atom stereocenters. The third kappa shape index (κ3) is 3.29. The fourth-order valence-electron chi connectivity index (χ4n) is 4.83. The van der Waals surface area contributed by atoms with Crippen molar-refractivity contribution in [1.82, 2.24) is 0 Å². The van der Waals surface area contributed by atoms with Gasteiger partial charge in [0.1, 0.15) is 0 Å². The fourth-order valence-corrected chi connectivity index (χ4v) is 4.83. The zero-order chi connectivity index (χ0) is 17.3. The molecule has 0 amide bonds. The summed E-state index contributed by atoms with van der Waals surface area (Å²) in [6.07, 6.45) is 11.5. The maximum absolute atomic E-state index is 6.51. The van der Waals surface area contributed by atoms with Gasteiger partial charge in [0.25, 0.3) is 0 Å². The lowest BCUT2D eigenvalue weighted by Crippen LogP contribution is -2.55. The Kier molecular flexibility index (Phi) is 5.36. The van der Waals surface area contributed by atoms with Crippen LogP contribution in [0.2, 0.25) is 0 Å². The van der Waals surface area contributed by atoms with Crippen LogP contribution in [0.3, 0.4) is 0 Å². The van der Waals surface area contributed by atoms with Crippen LogP contribution in [-0.4, -0.2) is 31.2 Å². The highest BCUT2D eigenvalue weighted by Gasteiger charge is 2.51. The normalized spacial score (nSPS) is 30.5. The second-order valence-electron chi connectivity index (χ2n) is 8.87. The summed E-state index contributed by atoms with van der Waals surface area (Å²) in [4.78, 5) is 0. The Morgan fingerprint density at radius 3 is 1.42 bits per heavy atom. The van der Waals surface area contributed by atoms with Crippen molar-refractivity contribution in [1.29, 1.82) is 0 Å². The van der Waals surface area contributed by atoms with Gasteiger partial charge in [0.2, 0.25) is 0 Å². The van der Waals surface area contributed by atoms with Crippen LogP contribution in [-0.2, 0) is 14.2 Å². The minimum absolute atomic E-state index is 0.107. The van der Waals surface area contributed by atoms with Crippen LogP contribution >= 0.6 is 0 Å². The van der Waals surface area contributed by atoms with Gasteiger partial charge >= 0.3 is 0 Å². The standard InChI is InChI=1S/C21H38O3/c1-5-18(6-2)9-10-20(22-15-18)11-13-21(14-12-20)23-16-19(7-3,8-4)17-24-21/h5-17H2,1-4H3. The summed E-state index contributed by atoms with van der Waals surface area (Å²) >= 11 is 0. The van der Waals surface area contributed by atoms with E-state index in [1.807, 2.05) is 0 Å². The third-order valence-corrected chi connectivity index (χ3v) is 8.00.